The van der Waals surface area contributed by atoms with E-state index in [4.69, 9.17) is 27.9 Å². The monoisotopic (exact) mass is 289 g/mol. The predicted molar refractivity (Wildman–Crippen MR) is 71.5 cm³/mol. The van der Waals surface area contributed by atoms with Crippen molar-refractivity contribution < 1.29 is 14.4 Å². The van der Waals surface area contributed by atoms with Crippen LogP contribution >= 0.6 is 23.2 Å². The van der Waals surface area contributed by atoms with Gasteiger partial charge in [0.2, 0.25) is 0 Å². The summed E-state index contributed by atoms with van der Waals surface area (Å²) in [5.74, 6) is -0.0592. The van der Waals surface area contributed by atoms with Crippen LogP contribution in [0.5, 0.6) is 0 Å². The quantitative estimate of drug-likeness (QED) is 0.866. The highest BCUT2D eigenvalue weighted by atomic mass is 35.5. The molecule has 1 heterocycles. The number of ether oxygens (including phenoxy) is 1. The van der Waals surface area contributed by atoms with Crippen molar-refractivity contribution in [1.29, 1.82) is 0 Å². The molecule has 2 N–H and O–H groups in total. The summed E-state index contributed by atoms with van der Waals surface area (Å²) in [5, 5.41) is 3.60. The molecule has 0 aromatic heterocycles. The Morgan fingerprint density at radius 3 is 2.78 bits per heavy atom. The van der Waals surface area contributed by atoms with Gasteiger partial charge in [0, 0.05) is 0 Å². The number of carbonyl (C=O) groups excluding carboxylic acids is 1. The molecule has 1 saturated heterocycles. The molecule has 2 rings (SSSR count). The first-order chi connectivity index (χ1) is 8.66. The summed E-state index contributed by atoms with van der Waals surface area (Å²) >= 11 is 11.9. The molecular formula is C12H15Cl2N2O2+. The van der Waals surface area contributed by atoms with Crippen molar-refractivity contribution in [2.75, 3.05) is 38.2 Å². The maximum atomic E-state index is 11.9. The molecule has 18 heavy (non-hydrogen) atoms. The van der Waals surface area contributed by atoms with Gasteiger partial charge in [-0.1, -0.05) is 29.3 Å². The molecule has 1 fully saturated rings. The van der Waals surface area contributed by atoms with Crippen molar-refractivity contribution >= 4 is 34.8 Å². The maximum Gasteiger partial charge on any atom is 0.279 e. The first-order valence-electron chi connectivity index (χ1n) is 5.82. The number of hydrogen-bond acceptors (Lipinski definition) is 2. The fourth-order valence-electron chi connectivity index (χ4n) is 1.86. The minimum absolute atomic E-state index is 0.0592. The molecule has 98 valence electrons. The molecule has 0 bridgehead atoms. The van der Waals surface area contributed by atoms with Gasteiger partial charge < -0.3 is 15.0 Å². The normalized spacial score (nSPS) is 16.6. The van der Waals surface area contributed by atoms with E-state index in [1.807, 2.05) is 0 Å². The minimum Gasteiger partial charge on any atom is -0.370 e. The summed E-state index contributed by atoms with van der Waals surface area (Å²) in [7, 11) is 0. The van der Waals surface area contributed by atoms with Crippen molar-refractivity contribution in [3.8, 4) is 0 Å². The lowest BCUT2D eigenvalue weighted by molar-refractivity contribution is -0.899. The van der Waals surface area contributed by atoms with Crippen LogP contribution in [-0.4, -0.2) is 38.8 Å². The van der Waals surface area contributed by atoms with Crippen LogP contribution in [-0.2, 0) is 9.53 Å². The Bertz CT molecular complexity index is 434. The third-order valence-electron chi connectivity index (χ3n) is 2.84. The topological polar surface area (TPSA) is 42.8 Å². The van der Waals surface area contributed by atoms with Crippen LogP contribution in [0.4, 0.5) is 5.69 Å². The highest BCUT2D eigenvalue weighted by Crippen LogP contribution is 2.29. The standard InChI is InChI=1S/C12H14Cl2N2O2/c13-9-2-1-3-10(12(9)14)15-11(17)8-16-4-6-18-7-5-16/h1-3H,4-8H2,(H,15,17)/p+1. The van der Waals surface area contributed by atoms with Gasteiger partial charge in [-0.3, -0.25) is 4.79 Å². The second kappa shape index (κ2) is 6.38. The van der Waals surface area contributed by atoms with Gasteiger partial charge in [-0.2, -0.15) is 0 Å². The Balaban J connectivity index is 1.92. The van der Waals surface area contributed by atoms with Crippen LogP contribution in [0, 0.1) is 0 Å². The number of rotatable bonds is 3. The molecule has 0 unspecified atom stereocenters. The van der Waals surface area contributed by atoms with E-state index >= 15 is 0 Å². The van der Waals surface area contributed by atoms with Crippen LogP contribution in [0.25, 0.3) is 0 Å². The lowest BCUT2D eigenvalue weighted by Gasteiger charge is -2.23. The van der Waals surface area contributed by atoms with Crippen LogP contribution in [0.1, 0.15) is 0 Å². The summed E-state index contributed by atoms with van der Waals surface area (Å²) in [4.78, 5) is 13.1. The largest absolute Gasteiger partial charge is 0.370 e. The highest BCUT2D eigenvalue weighted by molar-refractivity contribution is 6.43. The molecule has 1 aromatic rings. The fourth-order valence-corrected chi connectivity index (χ4v) is 2.21. The third-order valence-corrected chi connectivity index (χ3v) is 3.66. The van der Waals surface area contributed by atoms with E-state index in [1.54, 1.807) is 18.2 Å². The van der Waals surface area contributed by atoms with Gasteiger partial charge in [0.25, 0.3) is 5.91 Å². The van der Waals surface area contributed by atoms with E-state index in [9.17, 15) is 4.79 Å². The summed E-state index contributed by atoms with van der Waals surface area (Å²) in [6.07, 6.45) is 0. The van der Waals surface area contributed by atoms with Crippen molar-refractivity contribution in [2.45, 2.75) is 0 Å². The molecule has 1 aromatic carbocycles. The van der Waals surface area contributed by atoms with Crippen molar-refractivity contribution in [3.05, 3.63) is 28.2 Å². The number of quaternary nitrogens is 1. The Kier molecular flexibility index (Phi) is 4.83. The van der Waals surface area contributed by atoms with E-state index in [0.29, 0.717) is 35.5 Å². The molecule has 0 aliphatic carbocycles. The molecule has 1 aliphatic heterocycles. The molecule has 1 amide bonds. The molecule has 0 spiro atoms. The van der Waals surface area contributed by atoms with Gasteiger partial charge in [-0.15, -0.1) is 0 Å². The van der Waals surface area contributed by atoms with Gasteiger partial charge in [0.15, 0.2) is 6.54 Å². The van der Waals surface area contributed by atoms with Crippen molar-refractivity contribution in [1.82, 2.24) is 0 Å². The average Bonchev–Trinajstić information content (AvgIpc) is 2.36. The number of halogens is 2. The van der Waals surface area contributed by atoms with E-state index in [2.05, 4.69) is 5.32 Å². The Morgan fingerprint density at radius 2 is 2.06 bits per heavy atom. The highest BCUT2D eigenvalue weighted by Gasteiger charge is 2.18. The van der Waals surface area contributed by atoms with Gasteiger partial charge in [0.1, 0.15) is 13.1 Å². The number of hydrogen-bond donors (Lipinski definition) is 2. The van der Waals surface area contributed by atoms with Crippen LogP contribution in [0.2, 0.25) is 10.0 Å². The van der Waals surface area contributed by atoms with Gasteiger partial charge in [0.05, 0.1) is 28.9 Å². The van der Waals surface area contributed by atoms with Crippen molar-refractivity contribution in [2.24, 2.45) is 0 Å². The molecule has 4 nitrogen and oxygen atoms in total. The number of amides is 1. The van der Waals surface area contributed by atoms with Crippen LogP contribution in [0.15, 0.2) is 18.2 Å². The first kappa shape index (κ1) is 13.6. The number of nitrogens with one attached hydrogen (secondary N) is 2. The first-order valence-corrected chi connectivity index (χ1v) is 6.57. The average molecular weight is 290 g/mol. The zero-order valence-electron chi connectivity index (χ0n) is 9.84. The minimum atomic E-state index is -0.0592. The fraction of sp³-hybridized carbons (Fsp3) is 0.417. The summed E-state index contributed by atoms with van der Waals surface area (Å²) < 4.78 is 5.24. The number of benzene rings is 1. The summed E-state index contributed by atoms with van der Waals surface area (Å²) in [5.41, 5.74) is 0.557. The van der Waals surface area contributed by atoms with E-state index in [-0.39, 0.29) is 5.91 Å². The zero-order chi connectivity index (χ0) is 13.0. The predicted octanol–water partition coefficient (Wildman–Crippen LogP) is 0.847. The van der Waals surface area contributed by atoms with E-state index < -0.39 is 0 Å². The maximum absolute atomic E-state index is 11.9. The molecule has 0 radical (unpaired) electrons. The van der Waals surface area contributed by atoms with Crippen molar-refractivity contribution in [3.63, 3.8) is 0 Å². The molecule has 0 atom stereocenters. The third kappa shape index (κ3) is 3.59. The number of morpholine rings is 1. The van der Waals surface area contributed by atoms with Gasteiger partial charge >= 0.3 is 0 Å². The second-order valence-electron chi connectivity index (χ2n) is 4.19. The zero-order valence-corrected chi connectivity index (χ0v) is 11.4. The number of anilines is 1. The van der Waals surface area contributed by atoms with Crippen LogP contribution < -0.4 is 10.2 Å². The van der Waals surface area contributed by atoms with E-state index in [0.717, 1.165) is 13.1 Å². The van der Waals surface area contributed by atoms with Gasteiger partial charge in [-0.05, 0) is 12.1 Å². The smallest absolute Gasteiger partial charge is 0.279 e. The lowest BCUT2D eigenvalue weighted by Crippen LogP contribution is -3.15. The Labute approximate surface area is 116 Å². The van der Waals surface area contributed by atoms with Gasteiger partial charge in [-0.25, -0.2) is 0 Å². The summed E-state index contributed by atoms with van der Waals surface area (Å²) in [6, 6.07) is 5.18. The Morgan fingerprint density at radius 1 is 1.33 bits per heavy atom. The number of carbonyl (C=O) groups is 1. The molecule has 1 aliphatic rings. The molecule has 6 heteroatoms. The molecule has 0 saturated carbocycles. The van der Waals surface area contributed by atoms with Crippen LogP contribution in [0.3, 0.4) is 0 Å². The summed E-state index contributed by atoms with van der Waals surface area (Å²) in [6.45, 7) is 3.56. The lowest BCUT2D eigenvalue weighted by atomic mass is 10.3. The Hall–Kier alpha value is -0.810. The van der Waals surface area contributed by atoms with E-state index in [1.165, 1.54) is 4.90 Å². The SMILES string of the molecule is O=C(C[NH+]1CCOCC1)Nc1cccc(Cl)c1Cl. The second-order valence-corrected chi connectivity index (χ2v) is 4.97. The molecular weight excluding hydrogens is 275 g/mol.